The molecule has 1 unspecified atom stereocenters. The molecule has 0 aromatic heterocycles. The van der Waals surface area contributed by atoms with Crippen molar-refractivity contribution in [3.63, 3.8) is 0 Å². The summed E-state index contributed by atoms with van der Waals surface area (Å²) < 4.78 is 10.8. The number of rotatable bonds is 7. The van der Waals surface area contributed by atoms with Gasteiger partial charge in [0.2, 0.25) is 0 Å². The Kier molecular flexibility index (Phi) is 6.45. The monoisotopic (exact) mass is 443 g/mol. The van der Waals surface area contributed by atoms with Gasteiger partial charge in [-0.2, -0.15) is 0 Å². The zero-order valence-electron chi connectivity index (χ0n) is 18.5. The lowest BCUT2D eigenvalue weighted by atomic mass is 9.95. The number of carbonyl (C=O) groups is 2. The van der Waals surface area contributed by atoms with Gasteiger partial charge in [-0.25, -0.2) is 0 Å². The van der Waals surface area contributed by atoms with E-state index >= 15 is 0 Å². The zero-order valence-corrected chi connectivity index (χ0v) is 18.5. The molecule has 4 rings (SSSR count). The van der Waals surface area contributed by atoms with Gasteiger partial charge < -0.3 is 14.6 Å². The first-order chi connectivity index (χ1) is 16.0. The van der Waals surface area contributed by atoms with Crippen molar-refractivity contribution in [2.45, 2.75) is 19.4 Å². The highest BCUT2D eigenvalue weighted by molar-refractivity contribution is 6.51. The minimum Gasteiger partial charge on any atom is -0.507 e. The van der Waals surface area contributed by atoms with Gasteiger partial charge in [0, 0.05) is 11.3 Å². The van der Waals surface area contributed by atoms with E-state index < -0.39 is 17.7 Å². The maximum Gasteiger partial charge on any atom is 0.300 e. The number of aliphatic hydroxyl groups excluding tert-OH is 1. The van der Waals surface area contributed by atoms with Crippen LogP contribution in [0.5, 0.6) is 11.5 Å². The standard InChI is InChI=1S/C27H25NO5/c1-3-17-33-22-13-9-19(10-14-22)25(29)23-24(18-7-5-4-6-8-18)28(27(31)26(23)30)20-11-15-21(32-2)16-12-20/h4-16,24,29H,3,17H2,1-2H3/b25-23+. The van der Waals surface area contributed by atoms with Gasteiger partial charge in [0.25, 0.3) is 11.7 Å². The molecule has 168 valence electrons. The lowest BCUT2D eigenvalue weighted by Gasteiger charge is -2.25. The summed E-state index contributed by atoms with van der Waals surface area (Å²) in [6.07, 6.45) is 0.883. The van der Waals surface area contributed by atoms with E-state index in [0.29, 0.717) is 29.4 Å². The number of anilines is 1. The fourth-order valence-corrected chi connectivity index (χ4v) is 3.88. The number of ketones is 1. The van der Waals surface area contributed by atoms with Gasteiger partial charge in [0.05, 0.1) is 25.3 Å². The number of carbonyl (C=O) groups excluding carboxylic acids is 2. The Morgan fingerprint density at radius 2 is 1.55 bits per heavy atom. The third-order valence-electron chi connectivity index (χ3n) is 5.51. The van der Waals surface area contributed by atoms with Gasteiger partial charge >= 0.3 is 0 Å². The van der Waals surface area contributed by atoms with Crippen LogP contribution in [0, 0.1) is 0 Å². The second-order valence-electron chi connectivity index (χ2n) is 7.65. The molecule has 1 saturated heterocycles. The van der Waals surface area contributed by atoms with Gasteiger partial charge in [-0.1, -0.05) is 37.3 Å². The van der Waals surface area contributed by atoms with E-state index in [2.05, 4.69) is 0 Å². The van der Waals surface area contributed by atoms with E-state index in [1.54, 1.807) is 55.6 Å². The van der Waals surface area contributed by atoms with E-state index in [-0.39, 0.29) is 11.3 Å². The molecule has 3 aromatic rings. The van der Waals surface area contributed by atoms with Crippen molar-refractivity contribution < 1.29 is 24.2 Å². The van der Waals surface area contributed by atoms with Crippen molar-refractivity contribution in [3.8, 4) is 11.5 Å². The summed E-state index contributed by atoms with van der Waals surface area (Å²) in [6, 6.07) is 22.2. The SMILES string of the molecule is CCCOc1ccc(/C(O)=C2\C(=O)C(=O)N(c3ccc(OC)cc3)C2c2ccccc2)cc1. The number of nitrogens with zero attached hydrogens (tertiary/aromatic N) is 1. The summed E-state index contributed by atoms with van der Waals surface area (Å²) in [5, 5.41) is 11.2. The van der Waals surface area contributed by atoms with Crippen molar-refractivity contribution >= 4 is 23.1 Å². The average Bonchev–Trinajstić information content (AvgIpc) is 3.13. The fourth-order valence-electron chi connectivity index (χ4n) is 3.88. The first-order valence-electron chi connectivity index (χ1n) is 10.8. The molecule has 1 fully saturated rings. The Labute approximate surface area is 192 Å². The van der Waals surface area contributed by atoms with Crippen LogP contribution in [0.4, 0.5) is 5.69 Å². The Hall–Kier alpha value is -4.06. The van der Waals surface area contributed by atoms with Gasteiger partial charge in [-0.3, -0.25) is 14.5 Å². The van der Waals surface area contributed by atoms with Gasteiger partial charge in [-0.15, -0.1) is 0 Å². The third-order valence-corrected chi connectivity index (χ3v) is 5.51. The summed E-state index contributed by atoms with van der Waals surface area (Å²) in [7, 11) is 1.56. The van der Waals surface area contributed by atoms with E-state index in [0.717, 1.165) is 12.0 Å². The molecule has 6 nitrogen and oxygen atoms in total. The van der Waals surface area contributed by atoms with E-state index in [1.807, 2.05) is 37.3 Å². The molecule has 1 aliphatic rings. The molecular formula is C27H25NO5. The quantitative estimate of drug-likeness (QED) is 0.312. The largest absolute Gasteiger partial charge is 0.507 e. The maximum atomic E-state index is 13.2. The Morgan fingerprint density at radius 3 is 2.15 bits per heavy atom. The van der Waals surface area contributed by atoms with Crippen molar-refractivity contribution in [1.29, 1.82) is 0 Å². The molecule has 1 amide bonds. The Morgan fingerprint density at radius 1 is 0.909 bits per heavy atom. The van der Waals surface area contributed by atoms with E-state index in [1.165, 1.54) is 4.90 Å². The van der Waals surface area contributed by atoms with Crippen molar-refractivity contribution in [1.82, 2.24) is 0 Å². The highest BCUT2D eigenvalue weighted by Crippen LogP contribution is 2.42. The number of amides is 1. The van der Waals surface area contributed by atoms with Gasteiger partial charge in [0.1, 0.15) is 17.3 Å². The molecular weight excluding hydrogens is 418 g/mol. The first-order valence-corrected chi connectivity index (χ1v) is 10.8. The van der Waals surface area contributed by atoms with E-state index in [9.17, 15) is 14.7 Å². The lowest BCUT2D eigenvalue weighted by Crippen LogP contribution is -2.29. The number of hydrogen-bond acceptors (Lipinski definition) is 5. The molecule has 1 aliphatic heterocycles. The van der Waals surface area contributed by atoms with Crippen LogP contribution in [0.2, 0.25) is 0 Å². The van der Waals surface area contributed by atoms with Gasteiger partial charge in [0.15, 0.2) is 0 Å². The minimum atomic E-state index is -0.768. The van der Waals surface area contributed by atoms with Crippen LogP contribution in [0.1, 0.15) is 30.5 Å². The van der Waals surface area contributed by atoms with Crippen LogP contribution >= 0.6 is 0 Å². The average molecular weight is 443 g/mol. The number of hydrogen-bond donors (Lipinski definition) is 1. The maximum absolute atomic E-state index is 13.2. The molecule has 0 aliphatic carbocycles. The van der Waals surface area contributed by atoms with Crippen LogP contribution in [0.15, 0.2) is 84.4 Å². The van der Waals surface area contributed by atoms with Gasteiger partial charge in [-0.05, 0) is 60.5 Å². The molecule has 6 heteroatoms. The topological polar surface area (TPSA) is 76.1 Å². The highest BCUT2D eigenvalue weighted by Gasteiger charge is 2.46. The molecule has 1 atom stereocenters. The zero-order chi connectivity index (χ0) is 23.4. The summed E-state index contributed by atoms with van der Waals surface area (Å²) in [4.78, 5) is 27.7. The second-order valence-corrected chi connectivity index (χ2v) is 7.65. The van der Waals surface area contributed by atoms with Crippen LogP contribution in [0.25, 0.3) is 5.76 Å². The highest BCUT2D eigenvalue weighted by atomic mass is 16.5. The first kappa shape index (κ1) is 22.1. The Balaban J connectivity index is 1.81. The van der Waals surface area contributed by atoms with Crippen LogP contribution in [-0.2, 0) is 9.59 Å². The van der Waals surface area contributed by atoms with Crippen LogP contribution < -0.4 is 14.4 Å². The second kappa shape index (κ2) is 9.61. The van der Waals surface area contributed by atoms with Crippen molar-refractivity contribution in [2.24, 2.45) is 0 Å². The van der Waals surface area contributed by atoms with Crippen LogP contribution in [-0.4, -0.2) is 30.5 Å². The number of aliphatic hydroxyl groups is 1. The molecule has 0 radical (unpaired) electrons. The number of Topliss-reactive ketones (excluding diaryl/α,β-unsaturated/α-hetero) is 1. The van der Waals surface area contributed by atoms with E-state index in [4.69, 9.17) is 9.47 Å². The summed E-state index contributed by atoms with van der Waals surface area (Å²) in [6.45, 7) is 2.61. The summed E-state index contributed by atoms with van der Waals surface area (Å²) in [5.41, 5.74) is 1.74. The number of methoxy groups -OCH3 is 1. The molecule has 0 bridgehead atoms. The predicted octanol–water partition coefficient (Wildman–Crippen LogP) is 5.11. The summed E-state index contributed by atoms with van der Waals surface area (Å²) >= 11 is 0. The fraction of sp³-hybridized carbons (Fsp3) is 0.185. The Bertz CT molecular complexity index is 1170. The van der Waals surface area contributed by atoms with Crippen LogP contribution in [0.3, 0.4) is 0 Å². The van der Waals surface area contributed by atoms with Crippen molar-refractivity contribution in [3.05, 3.63) is 95.6 Å². The molecule has 1 heterocycles. The summed E-state index contributed by atoms with van der Waals surface area (Å²) in [5.74, 6) is -0.342. The molecule has 1 N–H and O–H groups in total. The minimum absolute atomic E-state index is 0.0456. The predicted molar refractivity (Wildman–Crippen MR) is 126 cm³/mol. The number of ether oxygens (including phenoxy) is 2. The smallest absolute Gasteiger partial charge is 0.300 e. The third kappa shape index (κ3) is 4.32. The van der Waals surface area contributed by atoms with Crippen molar-refractivity contribution in [2.75, 3.05) is 18.6 Å². The molecule has 0 spiro atoms. The molecule has 33 heavy (non-hydrogen) atoms. The molecule has 0 saturated carbocycles. The normalized spacial score (nSPS) is 17.3. The lowest BCUT2D eigenvalue weighted by molar-refractivity contribution is -0.132. The number of benzene rings is 3. The molecule has 3 aromatic carbocycles.